The largest absolute Gasteiger partial charge is 0.414 e. The molecule has 2 nitrogen and oxygen atoms in total. The highest BCUT2D eigenvalue weighted by Crippen LogP contribution is 2.25. The van der Waals surface area contributed by atoms with E-state index in [1.54, 1.807) is 0 Å². The first kappa shape index (κ1) is 10.8. The van der Waals surface area contributed by atoms with Crippen LogP contribution in [0.1, 0.15) is 25.7 Å². The molecule has 1 aliphatic heterocycles. The van der Waals surface area contributed by atoms with Crippen molar-refractivity contribution in [1.82, 2.24) is 0 Å². The highest BCUT2D eigenvalue weighted by atomic mass is 19.4. The molecular weight excluding hydrogens is 185 g/mol. The summed E-state index contributed by atoms with van der Waals surface area (Å²) in [6.07, 6.45) is -5.01. The molecule has 0 radical (unpaired) electrons. The minimum Gasteiger partial charge on any atom is -0.384 e. The van der Waals surface area contributed by atoms with E-state index in [2.05, 4.69) is 0 Å². The second-order valence-electron chi connectivity index (χ2n) is 3.27. The van der Waals surface area contributed by atoms with Gasteiger partial charge in [0.2, 0.25) is 0 Å². The number of rotatable bonds is 3. The van der Waals surface area contributed by atoms with Gasteiger partial charge in [0.25, 0.3) is 0 Å². The lowest BCUT2D eigenvalue weighted by molar-refractivity contribution is -0.206. The Labute approximate surface area is 74.7 Å². The summed E-state index contributed by atoms with van der Waals surface area (Å²) in [5, 5.41) is 8.67. The Kier molecular flexibility index (Phi) is 3.55. The van der Waals surface area contributed by atoms with Crippen molar-refractivity contribution < 1.29 is 23.0 Å². The molecule has 5 heteroatoms. The molecule has 13 heavy (non-hydrogen) atoms. The van der Waals surface area contributed by atoms with Crippen LogP contribution in [0.5, 0.6) is 0 Å². The van der Waals surface area contributed by atoms with Crippen LogP contribution in [0.4, 0.5) is 13.2 Å². The molecule has 1 heterocycles. The third kappa shape index (κ3) is 3.52. The third-order valence-corrected chi connectivity index (χ3v) is 2.16. The molecule has 1 N–H and O–H groups in total. The zero-order chi connectivity index (χ0) is 9.90. The van der Waals surface area contributed by atoms with E-state index in [4.69, 9.17) is 9.84 Å². The first-order valence-electron chi connectivity index (χ1n) is 4.36. The second-order valence-corrected chi connectivity index (χ2v) is 3.27. The molecule has 0 saturated carbocycles. The Morgan fingerprint density at radius 1 is 1.46 bits per heavy atom. The molecule has 0 aromatic heterocycles. The van der Waals surface area contributed by atoms with Gasteiger partial charge in [-0.3, -0.25) is 0 Å². The highest BCUT2D eigenvalue weighted by Gasteiger charge is 2.38. The van der Waals surface area contributed by atoms with Crippen LogP contribution in [0.3, 0.4) is 0 Å². The minimum absolute atomic E-state index is 0.0861. The number of ether oxygens (including phenoxy) is 1. The van der Waals surface area contributed by atoms with Crippen LogP contribution in [-0.4, -0.2) is 30.1 Å². The van der Waals surface area contributed by atoms with Gasteiger partial charge >= 0.3 is 6.18 Å². The van der Waals surface area contributed by atoms with E-state index in [1.807, 2.05) is 0 Å². The number of aliphatic hydroxyl groups is 1. The third-order valence-electron chi connectivity index (χ3n) is 2.16. The average molecular weight is 198 g/mol. The summed E-state index contributed by atoms with van der Waals surface area (Å²) in [6.45, 7) is 0.632. The molecule has 1 aliphatic rings. The lowest BCUT2D eigenvalue weighted by Crippen LogP contribution is -2.29. The molecule has 0 spiro atoms. The molecule has 0 bridgehead atoms. The van der Waals surface area contributed by atoms with Crippen LogP contribution in [0.15, 0.2) is 0 Å². The predicted molar refractivity (Wildman–Crippen MR) is 40.3 cm³/mol. The molecule has 2 atom stereocenters. The number of hydrogen-bond acceptors (Lipinski definition) is 2. The zero-order valence-corrected chi connectivity index (χ0v) is 7.18. The summed E-state index contributed by atoms with van der Waals surface area (Å²) in [7, 11) is 0. The van der Waals surface area contributed by atoms with Crippen molar-refractivity contribution in [3.05, 3.63) is 0 Å². The van der Waals surface area contributed by atoms with Crippen molar-refractivity contribution in [2.45, 2.75) is 44.1 Å². The van der Waals surface area contributed by atoms with Gasteiger partial charge in [-0.15, -0.1) is 0 Å². The van der Waals surface area contributed by atoms with E-state index in [-0.39, 0.29) is 12.5 Å². The predicted octanol–water partition coefficient (Wildman–Crippen LogP) is 1.87. The standard InChI is InChI=1S/C8H13F3O2/c9-8(10,11)7(12)4-3-6-2-1-5-13-6/h6-7,12H,1-5H2/t6?,7-/m0/s1. The van der Waals surface area contributed by atoms with E-state index in [0.29, 0.717) is 13.0 Å². The molecular formula is C8H13F3O2. The van der Waals surface area contributed by atoms with Gasteiger partial charge in [0.15, 0.2) is 0 Å². The normalized spacial score (nSPS) is 26.3. The van der Waals surface area contributed by atoms with Crippen molar-refractivity contribution in [3.63, 3.8) is 0 Å². The van der Waals surface area contributed by atoms with Crippen LogP contribution in [0.25, 0.3) is 0 Å². The Morgan fingerprint density at radius 2 is 2.15 bits per heavy atom. The van der Waals surface area contributed by atoms with Gasteiger partial charge in [0, 0.05) is 6.61 Å². The van der Waals surface area contributed by atoms with Crippen molar-refractivity contribution in [1.29, 1.82) is 0 Å². The highest BCUT2D eigenvalue weighted by molar-refractivity contribution is 4.71. The smallest absolute Gasteiger partial charge is 0.384 e. The number of halogens is 3. The molecule has 1 fully saturated rings. The quantitative estimate of drug-likeness (QED) is 0.750. The molecule has 0 amide bonds. The van der Waals surface area contributed by atoms with Crippen LogP contribution >= 0.6 is 0 Å². The molecule has 0 aromatic carbocycles. The number of aliphatic hydroxyl groups excluding tert-OH is 1. The van der Waals surface area contributed by atoms with Crippen LogP contribution in [0.2, 0.25) is 0 Å². The van der Waals surface area contributed by atoms with Gasteiger partial charge in [-0.05, 0) is 25.7 Å². The topological polar surface area (TPSA) is 29.5 Å². The van der Waals surface area contributed by atoms with Crippen molar-refractivity contribution in [3.8, 4) is 0 Å². The lowest BCUT2D eigenvalue weighted by Gasteiger charge is -2.16. The van der Waals surface area contributed by atoms with E-state index in [9.17, 15) is 13.2 Å². The fourth-order valence-corrected chi connectivity index (χ4v) is 1.38. The van der Waals surface area contributed by atoms with E-state index in [0.717, 1.165) is 12.8 Å². The maximum Gasteiger partial charge on any atom is 0.414 e. The fraction of sp³-hybridized carbons (Fsp3) is 1.00. The maximum atomic E-state index is 11.8. The SMILES string of the molecule is O[C@@H](CCC1CCCO1)C(F)(F)F. The van der Waals surface area contributed by atoms with Crippen molar-refractivity contribution in [2.24, 2.45) is 0 Å². The number of alkyl halides is 3. The first-order chi connectivity index (χ1) is 6.00. The summed E-state index contributed by atoms with van der Waals surface area (Å²) in [5.41, 5.74) is 0. The van der Waals surface area contributed by atoms with Gasteiger partial charge in [-0.1, -0.05) is 0 Å². The van der Waals surface area contributed by atoms with Gasteiger partial charge in [-0.2, -0.15) is 13.2 Å². The zero-order valence-electron chi connectivity index (χ0n) is 7.18. The summed E-state index contributed by atoms with van der Waals surface area (Å²) in [5.74, 6) is 0. The molecule has 1 unspecified atom stereocenters. The van der Waals surface area contributed by atoms with Gasteiger partial charge < -0.3 is 9.84 Å². The molecule has 78 valence electrons. The summed E-state index contributed by atoms with van der Waals surface area (Å²) < 4.78 is 40.6. The summed E-state index contributed by atoms with van der Waals surface area (Å²) >= 11 is 0. The van der Waals surface area contributed by atoms with Gasteiger partial charge in [0.05, 0.1) is 6.10 Å². The number of hydrogen-bond donors (Lipinski definition) is 1. The van der Waals surface area contributed by atoms with Crippen molar-refractivity contribution in [2.75, 3.05) is 6.61 Å². The van der Waals surface area contributed by atoms with Crippen molar-refractivity contribution >= 4 is 0 Å². The monoisotopic (exact) mass is 198 g/mol. The average Bonchev–Trinajstić information content (AvgIpc) is 2.50. The Morgan fingerprint density at radius 3 is 2.62 bits per heavy atom. The van der Waals surface area contributed by atoms with Gasteiger partial charge in [0.1, 0.15) is 6.10 Å². The lowest BCUT2D eigenvalue weighted by atomic mass is 10.1. The fourth-order valence-electron chi connectivity index (χ4n) is 1.38. The van der Waals surface area contributed by atoms with Gasteiger partial charge in [-0.25, -0.2) is 0 Å². The van der Waals surface area contributed by atoms with E-state index >= 15 is 0 Å². The molecule has 0 aliphatic carbocycles. The maximum absolute atomic E-state index is 11.8. The van der Waals surface area contributed by atoms with E-state index in [1.165, 1.54) is 0 Å². The van der Waals surface area contributed by atoms with Crippen LogP contribution in [0, 0.1) is 0 Å². The molecule has 0 aromatic rings. The Balaban J connectivity index is 2.17. The Bertz CT molecular complexity index is 152. The second kappa shape index (κ2) is 4.28. The molecule has 1 saturated heterocycles. The minimum atomic E-state index is -4.49. The van der Waals surface area contributed by atoms with Crippen LogP contribution in [-0.2, 0) is 4.74 Å². The summed E-state index contributed by atoms with van der Waals surface area (Å²) in [4.78, 5) is 0. The Hall–Kier alpha value is -0.290. The molecule has 1 rings (SSSR count). The van der Waals surface area contributed by atoms with E-state index < -0.39 is 12.3 Å². The first-order valence-corrected chi connectivity index (χ1v) is 4.36. The van der Waals surface area contributed by atoms with Crippen LogP contribution < -0.4 is 0 Å². The summed E-state index contributed by atoms with van der Waals surface area (Å²) in [6, 6.07) is 0.